The molecule has 0 atom stereocenters. The minimum Gasteiger partial charge on any atom is -0.485 e. The zero-order valence-corrected chi connectivity index (χ0v) is 13.0. The van der Waals surface area contributed by atoms with Crippen molar-refractivity contribution in [2.45, 2.75) is 25.7 Å². The molecule has 1 fully saturated rings. The van der Waals surface area contributed by atoms with E-state index in [4.69, 9.17) is 4.74 Å². The third-order valence-corrected chi connectivity index (χ3v) is 4.96. The number of benzene rings is 1. The van der Waals surface area contributed by atoms with Crippen molar-refractivity contribution < 1.29 is 9.66 Å². The van der Waals surface area contributed by atoms with Crippen molar-refractivity contribution in [1.29, 1.82) is 0 Å². The number of thiol groups is 1. The molecule has 19 heavy (non-hydrogen) atoms. The van der Waals surface area contributed by atoms with Gasteiger partial charge in [0.2, 0.25) is 5.75 Å². The summed E-state index contributed by atoms with van der Waals surface area (Å²) in [6.07, 6.45) is 4.52. The third-order valence-electron chi connectivity index (χ3n) is 3.67. The first kappa shape index (κ1) is 14.7. The number of halogens is 1. The molecule has 1 aromatic rings. The normalized spacial score (nSPS) is 17.4. The molecule has 0 radical (unpaired) electrons. The van der Waals surface area contributed by atoms with E-state index in [-0.39, 0.29) is 11.1 Å². The van der Waals surface area contributed by atoms with Crippen LogP contribution in [-0.4, -0.2) is 17.3 Å². The monoisotopic (exact) mass is 345 g/mol. The molecule has 0 aliphatic heterocycles. The Morgan fingerprint density at radius 2 is 2.11 bits per heavy atom. The highest BCUT2D eigenvalue weighted by molar-refractivity contribution is 9.10. The Kier molecular flexibility index (Phi) is 4.73. The Balaban J connectivity index is 2.17. The maximum atomic E-state index is 11.0. The first-order valence-corrected chi connectivity index (χ1v) is 7.67. The number of nitro groups is 1. The van der Waals surface area contributed by atoms with Crippen molar-refractivity contribution in [3.63, 3.8) is 0 Å². The first-order chi connectivity index (χ1) is 9.08. The highest BCUT2D eigenvalue weighted by Crippen LogP contribution is 2.41. The second-order valence-corrected chi connectivity index (χ2v) is 6.17. The SMILES string of the molecule is O=[N+]([O-])c1cccc(Br)c1OCC1(CS)CCCC1. The molecule has 0 saturated heterocycles. The number of nitro benzene ring substituents is 1. The summed E-state index contributed by atoms with van der Waals surface area (Å²) < 4.78 is 6.39. The summed E-state index contributed by atoms with van der Waals surface area (Å²) in [5.41, 5.74) is 0.0633. The van der Waals surface area contributed by atoms with Crippen LogP contribution < -0.4 is 4.74 Å². The number of rotatable bonds is 5. The zero-order valence-electron chi connectivity index (χ0n) is 10.5. The van der Waals surface area contributed by atoms with Crippen LogP contribution >= 0.6 is 28.6 Å². The fourth-order valence-corrected chi connectivity index (χ4v) is 3.36. The van der Waals surface area contributed by atoms with Crippen LogP contribution in [0.3, 0.4) is 0 Å². The second kappa shape index (κ2) is 6.13. The van der Waals surface area contributed by atoms with Gasteiger partial charge in [-0.2, -0.15) is 12.6 Å². The van der Waals surface area contributed by atoms with Crippen molar-refractivity contribution in [2.75, 3.05) is 12.4 Å². The van der Waals surface area contributed by atoms with E-state index >= 15 is 0 Å². The van der Waals surface area contributed by atoms with E-state index in [1.54, 1.807) is 12.1 Å². The van der Waals surface area contributed by atoms with E-state index in [0.717, 1.165) is 18.6 Å². The summed E-state index contributed by atoms with van der Waals surface area (Å²) in [6.45, 7) is 0.486. The summed E-state index contributed by atoms with van der Waals surface area (Å²) in [6, 6.07) is 4.85. The van der Waals surface area contributed by atoms with Gasteiger partial charge < -0.3 is 4.74 Å². The lowest BCUT2D eigenvalue weighted by Gasteiger charge is -2.26. The predicted molar refractivity (Wildman–Crippen MR) is 81.0 cm³/mol. The van der Waals surface area contributed by atoms with Gasteiger partial charge in [-0.3, -0.25) is 10.1 Å². The summed E-state index contributed by atoms with van der Waals surface area (Å²) in [7, 11) is 0. The maximum Gasteiger partial charge on any atom is 0.312 e. The molecule has 0 heterocycles. The minimum absolute atomic E-state index is 0.00156. The van der Waals surface area contributed by atoms with Gasteiger partial charge in [0.15, 0.2) is 0 Å². The average Bonchev–Trinajstić information content (AvgIpc) is 2.86. The van der Waals surface area contributed by atoms with E-state index in [0.29, 0.717) is 16.8 Å². The van der Waals surface area contributed by atoms with E-state index in [2.05, 4.69) is 28.6 Å². The van der Waals surface area contributed by atoms with E-state index in [1.807, 2.05) is 0 Å². The van der Waals surface area contributed by atoms with Crippen LogP contribution in [0.2, 0.25) is 0 Å². The van der Waals surface area contributed by atoms with Gasteiger partial charge in [0.25, 0.3) is 0 Å². The Bertz CT molecular complexity index is 475. The fraction of sp³-hybridized carbons (Fsp3) is 0.538. The van der Waals surface area contributed by atoms with E-state index in [1.165, 1.54) is 18.9 Å². The lowest BCUT2D eigenvalue weighted by Crippen LogP contribution is -2.27. The topological polar surface area (TPSA) is 52.4 Å². The average molecular weight is 346 g/mol. The van der Waals surface area contributed by atoms with Crippen LogP contribution in [0.5, 0.6) is 5.75 Å². The Morgan fingerprint density at radius 3 is 2.68 bits per heavy atom. The lowest BCUT2D eigenvalue weighted by atomic mass is 9.90. The van der Waals surface area contributed by atoms with E-state index < -0.39 is 4.92 Å². The predicted octanol–water partition coefficient (Wildman–Crippen LogP) is 4.23. The summed E-state index contributed by atoms with van der Waals surface area (Å²) in [5, 5.41) is 11.0. The molecule has 1 aliphatic rings. The molecule has 2 rings (SSSR count). The molecular formula is C13H16BrNO3S. The lowest BCUT2D eigenvalue weighted by molar-refractivity contribution is -0.386. The summed E-state index contributed by atoms with van der Waals surface area (Å²) >= 11 is 7.73. The molecule has 0 amide bonds. The van der Waals surface area contributed by atoms with Crippen LogP contribution in [-0.2, 0) is 0 Å². The molecular weight excluding hydrogens is 330 g/mol. The van der Waals surface area contributed by atoms with Crippen LogP contribution in [0.15, 0.2) is 22.7 Å². The highest BCUT2D eigenvalue weighted by atomic mass is 79.9. The quantitative estimate of drug-likeness (QED) is 0.493. The molecule has 0 unspecified atom stereocenters. The second-order valence-electron chi connectivity index (χ2n) is 5.00. The van der Waals surface area contributed by atoms with Crippen molar-refractivity contribution in [1.82, 2.24) is 0 Å². The molecule has 0 bridgehead atoms. The Labute approximate surface area is 126 Å². The van der Waals surface area contributed by atoms with Gasteiger partial charge in [-0.05, 0) is 40.6 Å². The van der Waals surface area contributed by atoms with Gasteiger partial charge in [0.05, 0.1) is 16.0 Å². The van der Waals surface area contributed by atoms with E-state index in [9.17, 15) is 10.1 Å². The van der Waals surface area contributed by atoms with Crippen LogP contribution in [0.25, 0.3) is 0 Å². The molecule has 1 saturated carbocycles. The van der Waals surface area contributed by atoms with Crippen molar-refractivity contribution in [3.8, 4) is 5.75 Å². The maximum absolute atomic E-state index is 11.0. The molecule has 1 aromatic carbocycles. The van der Waals surface area contributed by atoms with Gasteiger partial charge in [0.1, 0.15) is 0 Å². The third kappa shape index (κ3) is 3.23. The highest BCUT2D eigenvalue weighted by Gasteiger charge is 2.34. The fourth-order valence-electron chi connectivity index (χ4n) is 2.48. The van der Waals surface area contributed by atoms with Crippen LogP contribution in [0.1, 0.15) is 25.7 Å². The van der Waals surface area contributed by atoms with Crippen LogP contribution in [0.4, 0.5) is 5.69 Å². The zero-order chi connectivity index (χ0) is 13.9. The number of hydrogen-bond donors (Lipinski definition) is 1. The standard InChI is InChI=1S/C13H16BrNO3S/c14-10-4-3-5-11(15(16)17)12(10)18-8-13(9-19)6-1-2-7-13/h3-5,19H,1-2,6-9H2. The molecule has 6 heteroatoms. The number of nitrogens with zero attached hydrogens (tertiary/aromatic N) is 1. The van der Waals surface area contributed by atoms with Crippen molar-refractivity contribution in [2.24, 2.45) is 5.41 Å². The molecule has 0 N–H and O–H groups in total. The first-order valence-electron chi connectivity index (χ1n) is 6.24. The number of hydrogen-bond acceptors (Lipinski definition) is 4. The van der Waals surface area contributed by atoms with Gasteiger partial charge in [-0.1, -0.05) is 18.9 Å². The van der Waals surface area contributed by atoms with Gasteiger partial charge >= 0.3 is 5.69 Å². The van der Waals surface area contributed by atoms with Crippen molar-refractivity contribution >= 4 is 34.2 Å². The number of para-hydroxylation sites is 1. The van der Waals surface area contributed by atoms with Gasteiger partial charge in [0, 0.05) is 11.5 Å². The van der Waals surface area contributed by atoms with Gasteiger partial charge in [-0.15, -0.1) is 0 Å². The smallest absolute Gasteiger partial charge is 0.312 e. The molecule has 0 spiro atoms. The van der Waals surface area contributed by atoms with Gasteiger partial charge in [-0.25, -0.2) is 0 Å². The summed E-state index contributed by atoms with van der Waals surface area (Å²) in [4.78, 5) is 10.6. The molecule has 1 aliphatic carbocycles. The van der Waals surface area contributed by atoms with Crippen LogP contribution in [0, 0.1) is 15.5 Å². The Morgan fingerprint density at radius 1 is 1.42 bits per heavy atom. The largest absolute Gasteiger partial charge is 0.485 e. The molecule has 4 nitrogen and oxygen atoms in total. The number of ether oxygens (including phenoxy) is 1. The minimum atomic E-state index is -0.415. The van der Waals surface area contributed by atoms with Crippen molar-refractivity contribution in [3.05, 3.63) is 32.8 Å². The molecule has 0 aromatic heterocycles. The molecule has 104 valence electrons. The Hall–Kier alpha value is -0.750. The summed E-state index contributed by atoms with van der Waals surface area (Å²) in [5.74, 6) is 1.08.